The third-order valence-electron chi connectivity index (χ3n) is 3.02. The Morgan fingerprint density at radius 2 is 2.00 bits per heavy atom. The number of hydrogen-bond donors (Lipinski definition) is 1. The van der Waals surface area contributed by atoms with Crippen molar-refractivity contribution in [2.24, 2.45) is 0 Å². The van der Waals surface area contributed by atoms with Crippen LogP contribution in [-0.4, -0.2) is 20.9 Å². The highest BCUT2D eigenvalue weighted by atomic mass is 32.1. The minimum absolute atomic E-state index is 0.598. The highest BCUT2D eigenvalue weighted by Crippen LogP contribution is 2.22. The molecule has 0 bridgehead atoms. The number of hydrogen-bond acceptors (Lipinski definition) is 6. The van der Waals surface area contributed by atoms with Gasteiger partial charge in [0.2, 0.25) is 11.0 Å². The second-order valence-corrected chi connectivity index (χ2v) is 5.30. The molecule has 2 heterocycles. The molecule has 0 unspecified atom stereocenters. The van der Waals surface area contributed by atoms with Crippen molar-refractivity contribution in [2.45, 2.75) is 13.5 Å². The molecule has 5 nitrogen and oxygen atoms in total. The van der Waals surface area contributed by atoms with Crippen molar-refractivity contribution >= 4 is 16.7 Å². The van der Waals surface area contributed by atoms with Gasteiger partial charge in [0.25, 0.3) is 0 Å². The first kappa shape index (κ1) is 14.5. The smallest absolute Gasteiger partial charge is 0.218 e. The zero-order chi connectivity index (χ0) is 15.2. The van der Waals surface area contributed by atoms with E-state index >= 15 is 0 Å². The number of anilines is 1. The summed E-state index contributed by atoms with van der Waals surface area (Å²) in [5.74, 6) is 1.40. The number of ether oxygens (including phenoxy) is 1. The summed E-state index contributed by atoms with van der Waals surface area (Å²) in [6, 6.07) is 13.8. The van der Waals surface area contributed by atoms with Gasteiger partial charge in [-0.15, -0.1) is 0 Å². The van der Waals surface area contributed by atoms with Crippen LogP contribution in [0.3, 0.4) is 0 Å². The average Bonchev–Trinajstić information content (AvgIpc) is 3.04. The molecule has 0 aliphatic carbocycles. The van der Waals surface area contributed by atoms with Crippen molar-refractivity contribution in [3.8, 4) is 17.3 Å². The number of nitrogens with zero attached hydrogens (tertiary/aromatic N) is 3. The fraction of sp³-hybridized carbons (Fsp3) is 0.188. The molecular weight excluding hydrogens is 296 g/mol. The van der Waals surface area contributed by atoms with Gasteiger partial charge in [-0.2, -0.15) is 9.36 Å². The lowest BCUT2D eigenvalue weighted by Crippen LogP contribution is -2.04. The van der Waals surface area contributed by atoms with Crippen LogP contribution in [-0.2, 0) is 6.54 Å². The Bertz CT molecular complexity index is 730. The summed E-state index contributed by atoms with van der Waals surface area (Å²) < 4.78 is 9.89. The minimum Gasteiger partial charge on any atom is -0.478 e. The van der Waals surface area contributed by atoms with Crippen LogP contribution in [0.25, 0.3) is 11.4 Å². The Morgan fingerprint density at radius 1 is 1.14 bits per heavy atom. The van der Waals surface area contributed by atoms with E-state index in [0.717, 1.165) is 22.1 Å². The lowest BCUT2D eigenvalue weighted by atomic mass is 10.2. The number of pyridine rings is 1. The van der Waals surface area contributed by atoms with Gasteiger partial charge in [0.15, 0.2) is 5.82 Å². The van der Waals surface area contributed by atoms with Crippen molar-refractivity contribution < 1.29 is 4.74 Å². The monoisotopic (exact) mass is 312 g/mol. The summed E-state index contributed by atoms with van der Waals surface area (Å²) in [7, 11) is 0. The molecule has 1 aromatic carbocycles. The Labute approximate surface area is 133 Å². The number of rotatable bonds is 6. The SMILES string of the molecule is CCOc1ncccc1CNc1nc(-c2ccccc2)ns1. The van der Waals surface area contributed by atoms with Gasteiger partial charge in [-0.1, -0.05) is 36.4 Å². The first-order valence-corrected chi connectivity index (χ1v) is 7.84. The van der Waals surface area contributed by atoms with E-state index < -0.39 is 0 Å². The lowest BCUT2D eigenvalue weighted by molar-refractivity contribution is 0.323. The largest absolute Gasteiger partial charge is 0.478 e. The van der Waals surface area contributed by atoms with E-state index in [1.54, 1.807) is 6.20 Å². The molecule has 0 saturated carbocycles. The number of benzene rings is 1. The first-order chi connectivity index (χ1) is 10.9. The molecule has 6 heteroatoms. The van der Waals surface area contributed by atoms with Gasteiger partial charge >= 0.3 is 0 Å². The van der Waals surface area contributed by atoms with Crippen LogP contribution in [0.1, 0.15) is 12.5 Å². The molecule has 3 aromatic rings. The van der Waals surface area contributed by atoms with Gasteiger partial charge in [-0.25, -0.2) is 4.98 Å². The van der Waals surface area contributed by atoms with E-state index in [1.807, 2.05) is 49.4 Å². The van der Waals surface area contributed by atoms with Gasteiger partial charge < -0.3 is 10.1 Å². The Balaban J connectivity index is 1.69. The summed E-state index contributed by atoms with van der Waals surface area (Å²) in [4.78, 5) is 8.74. The van der Waals surface area contributed by atoms with Crippen LogP contribution in [0, 0.1) is 0 Å². The molecule has 3 rings (SSSR count). The predicted octanol–water partition coefficient (Wildman–Crippen LogP) is 3.61. The molecule has 0 amide bonds. The second-order valence-electron chi connectivity index (χ2n) is 4.54. The average molecular weight is 312 g/mol. The Hall–Kier alpha value is -2.47. The fourth-order valence-corrected chi connectivity index (χ4v) is 2.58. The van der Waals surface area contributed by atoms with E-state index in [-0.39, 0.29) is 0 Å². The van der Waals surface area contributed by atoms with Gasteiger partial charge in [-0.05, 0) is 13.0 Å². The first-order valence-electron chi connectivity index (χ1n) is 7.06. The Kier molecular flexibility index (Phi) is 4.60. The molecule has 0 fully saturated rings. The van der Waals surface area contributed by atoms with Gasteiger partial charge in [0, 0.05) is 35.4 Å². The third kappa shape index (κ3) is 3.40. The minimum atomic E-state index is 0.598. The van der Waals surface area contributed by atoms with Crippen molar-refractivity contribution in [2.75, 3.05) is 11.9 Å². The van der Waals surface area contributed by atoms with Crippen LogP contribution in [0.5, 0.6) is 5.88 Å². The highest BCUT2D eigenvalue weighted by Gasteiger charge is 2.08. The zero-order valence-electron chi connectivity index (χ0n) is 12.2. The quantitative estimate of drug-likeness (QED) is 0.753. The molecule has 1 N–H and O–H groups in total. The van der Waals surface area contributed by atoms with Crippen molar-refractivity contribution in [1.82, 2.24) is 14.3 Å². The number of aromatic nitrogens is 3. The summed E-state index contributed by atoms with van der Waals surface area (Å²) in [6.07, 6.45) is 1.73. The normalized spacial score (nSPS) is 10.4. The van der Waals surface area contributed by atoms with E-state index in [4.69, 9.17) is 4.74 Å². The maximum absolute atomic E-state index is 5.52. The zero-order valence-corrected chi connectivity index (χ0v) is 13.0. The summed E-state index contributed by atoms with van der Waals surface area (Å²) in [6.45, 7) is 3.15. The molecule has 0 aliphatic heterocycles. The standard InChI is InChI=1S/C16H16N4OS/c1-2-21-15-13(9-6-10-17-15)11-18-16-19-14(20-22-16)12-7-4-3-5-8-12/h3-10H,2,11H2,1H3,(H,18,19,20). The van der Waals surface area contributed by atoms with Crippen molar-refractivity contribution in [1.29, 1.82) is 0 Å². The fourth-order valence-electron chi connectivity index (χ4n) is 2.00. The van der Waals surface area contributed by atoms with Gasteiger partial charge in [0.05, 0.1) is 6.61 Å². The lowest BCUT2D eigenvalue weighted by Gasteiger charge is -2.08. The molecule has 0 atom stereocenters. The van der Waals surface area contributed by atoms with Gasteiger partial charge in [-0.3, -0.25) is 0 Å². The second kappa shape index (κ2) is 7.00. The maximum atomic E-state index is 5.52. The molecule has 0 saturated heterocycles. The van der Waals surface area contributed by atoms with E-state index in [0.29, 0.717) is 19.0 Å². The Morgan fingerprint density at radius 3 is 2.82 bits per heavy atom. The molecule has 22 heavy (non-hydrogen) atoms. The summed E-state index contributed by atoms with van der Waals surface area (Å²) in [5, 5.41) is 4.06. The van der Waals surface area contributed by atoms with Crippen LogP contribution in [0.15, 0.2) is 48.7 Å². The maximum Gasteiger partial charge on any atom is 0.218 e. The molecule has 2 aromatic heterocycles. The summed E-state index contributed by atoms with van der Waals surface area (Å²) in [5.41, 5.74) is 2.02. The van der Waals surface area contributed by atoms with Crippen molar-refractivity contribution in [3.05, 3.63) is 54.2 Å². The predicted molar refractivity (Wildman–Crippen MR) is 88.1 cm³/mol. The molecule has 0 radical (unpaired) electrons. The van der Waals surface area contributed by atoms with E-state index in [9.17, 15) is 0 Å². The van der Waals surface area contributed by atoms with Crippen LogP contribution in [0.4, 0.5) is 5.13 Å². The van der Waals surface area contributed by atoms with E-state index in [1.165, 1.54) is 11.5 Å². The molecule has 0 spiro atoms. The van der Waals surface area contributed by atoms with E-state index in [2.05, 4.69) is 19.7 Å². The number of nitrogens with one attached hydrogen (secondary N) is 1. The van der Waals surface area contributed by atoms with Crippen LogP contribution < -0.4 is 10.1 Å². The van der Waals surface area contributed by atoms with Crippen molar-refractivity contribution in [3.63, 3.8) is 0 Å². The summed E-state index contributed by atoms with van der Waals surface area (Å²) >= 11 is 1.35. The van der Waals surface area contributed by atoms with Crippen LogP contribution in [0.2, 0.25) is 0 Å². The van der Waals surface area contributed by atoms with Crippen LogP contribution >= 0.6 is 11.5 Å². The third-order valence-corrected chi connectivity index (χ3v) is 3.69. The molecular formula is C16H16N4OS. The highest BCUT2D eigenvalue weighted by molar-refractivity contribution is 7.09. The van der Waals surface area contributed by atoms with Gasteiger partial charge in [0.1, 0.15) is 0 Å². The molecule has 0 aliphatic rings. The topological polar surface area (TPSA) is 59.9 Å². The molecule has 112 valence electrons.